The molecule has 0 radical (unpaired) electrons. The number of nitrogens with one attached hydrogen (secondary N) is 1. The van der Waals surface area contributed by atoms with E-state index in [4.69, 9.17) is 19.8 Å². The molecular weight excluding hydrogens is 372 g/mol. The molecule has 0 aliphatic rings. The Morgan fingerprint density at radius 2 is 1.79 bits per heavy atom. The van der Waals surface area contributed by atoms with Gasteiger partial charge in [0.1, 0.15) is 11.6 Å². The fourth-order valence-corrected chi connectivity index (χ4v) is 2.90. The van der Waals surface area contributed by atoms with Crippen LogP contribution >= 0.6 is 0 Å². The fourth-order valence-electron chi connectivity index (χ4n) is 2.90. The highest BCUT2D eigenvalue weighted by atomic mass is 16.5. The van der Waals surface area contributed by atoms with E-state index in [2.05, 4.69) is 5.32 Å². The average molecular weight is 394 g/mol. The number of anilines is 1. The summed E-state index contributed by atoms with van der Waals surface area (Å²) in [7, 11) is 1.43. The summed E-state index contributed by atoms with van der Waals surface area (Å²) in [6.45, 7) is 5.63. The summed E-state index contributed by atoms with van der Waals surface area (Å²) >= 11 is 0. The van der Waals surface area contributed by atoms with Crippen molar-refractivity contribution in [3.63, 3.8) is 0 Å². The van der Waals surface area contributed by atoms with Crippen molar-refractivity contribution in [2.24, 2.45) is 0 Å². The first-order chi connectivity index (χ1) is 13.7. The molecule has 0 heterocycles. The van der Waals surface area contributed by atoms with Crippen LogP contribution in [0.25, 0.3) is 6.08 Å². The minimum atomic E-state index is -1.31. The van der Waals surface area contributed by atoms with Crippen LogP contribution in [0.5, 0.6) is 11.5 Å². The second kappa shape index (κ2) is 9.42. The summed E-state index contributed by atoms with van der Waals surface area (Å²) in [6.07, 6.45) is 1.23. The van der Waals surface area contributed by atoms with Crippen molar-refractivity contribution in [3.8, 4) is 17.6 Å². The van der Waals surface area contributed by atoms with Gasteiger partial charge in [0, 0.05) is 5.69 Å². The van der Waals surface area contributed by atoms with Crippen LogP contribution in [0.3, 0.4) is 0 Å². The predicted molar refractivity (Wildman–Crippen MR) is 109 cm³/mol. The lowest BCUT2D eigenvalue weighted by atomic mass is 10.1. The zero-order valence-corrected chi connectivity index (χ0v) is 16.7. The number of rotatable bonds is 7. The van der Waals surface area contributed by atoms with E-state index >= 15 is 0 Å². The van der Waals surface area contributed by atoms with Gasteiger partial charge in [-0.25, -0.2) is 4.79 Å². The summed E-state index contributed by atoms with van der Waals surface area (Å²) < 4.78 is 10.8. The van der Waals surface area contributed by atoms with Gasteiger partial charge in [-0.2, -0.15) is 5.26 Å². The van der Waals surface area contributed by atoms with E-state index in [0.717, 1.165) is 22.4 Å². The SMILES string of the molecule is COc1cc(/C=C(\C#N)C(=O)O)ccc1OCC(=O)Nc1c(C)cc(C)cc1C. The second-order valence-corrected chi connectivity index (χ2v) is 6.50. The first kappa shape index (κ1) is 21.5. The van der Waals surface area contributed by atoms with Crippen LogP contribution in [0.1, 0.15) is 22.3 Å². The molecule has 0 atom stereocenters. The lowest BCUT2D eigenvalue weighted by Crippen LogP contribution is -2.21. The molecule has 0 saturated carbocycles. The summed E-state index contributed by atoms with van der Waals surface area (Å²) in [5, 5.41) is 20.7. The Morgan fingerprint density at radius 3 is 2.34 bits per heavy atom. The summed E-state index contributed by atoms with van der Waals surface area (Å²) in [5.41, 5.74) is 3.88. The Bertz CT molecular complexity index is 995. The lowest BCUT2D eigenvalue weighted by Gasteiger charge is -2.14. The quantitative estimate of drug-likeness (QED) is 0.548. The van der Waals surface area contributed by atoms with Gasteiger partial charge < -0.3 is 19.9 Å². The highest BCUT2D eigenvalue weighted by Crippen LogP contribution is 2.29. The molecule has 0 unspecified atom stereocenters. The number of methoxy groups -OCH3 is 1. The van der Waals surface area contributed by atoms with Gasteiger partial charge in [0.2, 0.25) is 0 Å². The van der Waals surface area contributed by atoms with Crippen molar-refractivity contribution >= 4 is 23.6 Å². The van der Waals surface area contributed by atoms with Gasteiger partial charge in [0.25, 0.3) is 5.91 Å². The van der Waals surface area contributed by atoms with E-state index in [0.29, 0.717) is 17.1 Å². The molecule has 1 amide bonds. The van der Waals surface area contributed by atoms with E-state index in [1.165, 1.54) is 19.3 Å². The van der Waals surface area contributed by atoms with Gasteiger partial charge in [-0.05, 0) is 55.7 Å². The maximum absolute atomic E-state index is 12.3. The number of carbonyl (C=O) groups excluding carboxylic acids is 1. The molecular formula is C22H22N2O5. The molecule has 0 bridgehead atoms. The van der Waals surface area contributed by atoms with Gasteiger partial charge in [-0.15, -0.1) is 0 Å². The molecule has 0 aromatic heterocycles. The standard InChI is InChI=1S/C22H22N2O5/c1-13-7-14(2)21(15(3)8-13)24-20(25)12-29-18-6-5-16(10-19(18)28-4)9-17(11-23)22(26)27/h5-10H,12H2,1-4H3,(H,24,25)(H,26,27)/b17-9+. The van der Waals surface area contributed by atoms with E-state index < -0.39 is 11.5 Å². The first-order valence-corrected chi connectivity index (χ1v) is 8.78. The van der Waals surface area contributed by atoms with Gasteiger partial charge >= 0.3 is 5.97 Å². The number of nitrogens with zero attached hydrogens (tertiary/aromatic N) is 1. The van der Waals surface area contributed by atoms with Crippen LogP contribution in [-0.4, -0.2) is 30.7 Å². The van der Waals surface area contributed by atoms with Gasteiger partial charge in [-0.1, -0.05) is 23.8 Å². The molecule has 2 N–H and O–H groups in total. The number of carboxylic acids is 1. The van der Waals surface area contributed by atoms with Crippen molar-refractivity contribution in [2.75, 3.05) is 19.0 Å². The minimum absolute atomic E-state index is 0.225. The zero-order chi connectivity index (χ0) is 21.6. The molecule has 0 saturated heterocycles. The molecule has 150 valence electrons. The largest absolute Gasteiger partial charge is 0.493 e. The molecule has 2 aromatic carbocycles. The van der Waals surface area contributed by atoms with Crippen LogP contribution in [0.4, 0.5) is 5.69 Å². The van der Waals surface area contributed by atoms with Crippen molar-refractivity contribution < 1.29 is 24.2 Å². The third-order valence-electron chi connectivity index (χ3n) is 4.15. The minimum Gasteiger partial charge on any atom is -0.493 e. The molecule has 2 rings (SSSR count). The van der Waals surface area contributed by atoms with E-state index in [1.807, 2.05) is 32.9 Å². The van der Waals surface area contributed by atoms with Crippen LogP contribution in [0.2, 0.25) is 0 Å². The second-order valence-electron chi connectivity index (χ2n) is 6.50. The molecule has 29 heavy (non-hydrogen) atoms. The number of aryl methyl sites for hydroxylation is 3. The summed E-state index contributed by atoms with van der Waals surface area (Å²) in [4.78, 5) is 23.3. The maximum Gasteiger partial charge on any atom is 0.346 e. The highest BCUT2D eigenvalue weighted by molar-refractivity contribution is 5.96. The lowest BCUT2D eigenvalue weighted by molar-refractivity contribution is -0.132. The van der Waals surface area contributed by atoms with E-state index in [1.54, 1.807) is 18.2 Å². The Morgan fingerprint density at radius 1 is 1.14 bits per heavy atom. The maximum atomic E-state index is 12.3. The molecule has 2 aromatic rings. The number of carbonyl (C=O) groups is 2. The van der Waals surface area contributed by atoms with Crippen LogP contribution in [0.15, 0.2) is 35.9 Å². The number of hydrogen-bond donors (Lipinski definition) is 2. The van der Waals surface area contributed by atoms with Crippen LogP contribution in [-0.2, 0) is 9.59 Å². The number of aliphatic carboxylic acids is 1. The number of ether oxygens (including phenoxy) is 2. The molecule has 0 aliphatic heterocycles. The summed E-state index contributed by atoms with van der Waals surface area (Å²) in [6, 6.07) is 10.3. The van der Waals surface area contributed by atoms with Crippen molar-refractivity contribution in [1.82, 2.24) is 0 Å². The number of carboxylic acid groups (broad SMARTS) is 1. The first-order valence-electron chi connectivity index (χ1n) is 8.78. The van der Waals surface area contributed by atoms with Crippen molar-refractivity contribution in [3.05, 3.63) is 58.2 Å². The normalized spacial score (nSPS) is 10.8. The topological polar surface area (TPSA) is 109 Å². The monoisotopic (exact) mass is 394 g/mol. The van der Waals surface area contributed by atoms with Crippen LogP contribution < -0.4 is 14.8 Å². The van der Waals surface area contributed by atoms with Gasteiger partial charge in [0.15, 0.2) is 18.1 Å². The third kappa shape index (κ3) is 5.59. The third-order valence-corrected chi connectivity index (χ3v) is 4.15. The van der Waals surface area contributed by atoms with Gasteiger partial charge in [-0.3, -0.25) is 4.79 Å². The average Bonchev–Trinajstić information content (AvgIpc) is 2.67. The van der Waals surface area contributed by atoms with E-state index in [-0.39, 0.29) is 12.5 Å². The number of hydrogen-bond acceptors (Lipinski definition) is 5. The summed E-state index contributed by atoms with van der Waals surface area (Å²) in [5.74, 6) is -0.989. The van der Waals surface area contributed by atoms with Gasteiger partial charge in [0.05, 0.1) is 7.11 Å². The number of benzene rings is 2. The number of nitriles is 1. The van der Waals surface area contributed by atoms with Crippen molar-refractivity contribution in [1.29, 1.82) is 5.26 Å². The fraction of sp³-hybridized carbons (Fsp3) is 0.227. The molecule has 0 aliphatic carbocycles. The smallest absolute Gasteiger partial charge is 0.346 e. The Kier molecular flexibility index (Phi) is 6.99. The molecule has 7 heteroatoms. The molecule has 0 spiro atoms. The molecule has 0 fully saturated rings. The molecule has 7 nitrogen and oxygen atoms in total. The Labute approximate surface area is 169 Å². The number of amides is 1. The predicted octanol–water partition coefficient (Wildman–Crippen LogP) is 3.63. The Hall–Kier alpha value is -3.79. The highest BCUT2D eigenvalue weighted by Gasteiger charge is 2.12. The van der Waals surface area contributed by atoms with Crippen LogP contribution in [0, 0.1) is 32.1 Å². The van der Waals surface area contributed by atoms with E-state index in [9.17, 15) is 9.59 Å². The zero-order valence-electron chi connectivity index (χ0n) is 16.7. The Balaban J connectivity index is 2.12. The van der Waals surface area contributed by atoms with Crippen molar-refractivity contribution in [2.45, 2.75) is 20.8 Å².